The second-order valence-corrected chi connectivity index (χ2v) is 8.29. The first-order valence-corrected chi connectivity index (χ1v) is 11.2. The van der Waals surface area contributed by atoms with Crippen molar-refractivity contribution in [3.8, 4) is 0 Å². The van der Waals surface area contributed by atoms with Gasteiger partial charge in [-0.3, -0.25) is 14.5 Å². The predicted molar refractivity (Wildman–Crippen MR) is 127 cm³/mol. The number of hydrogen-bond acceptors (Lipinski definition) is 3. The Morgan fingerprint density at radius 3 is 2.00 bits per heavy atom. The summed E-state index contributed by atoms with van der Waals surface area (Å²) in [5.41, 5.74) is 2.70. The molecule has 1 aliphatic rings. The van der Waals surface area contributed by atoms with Crippen molar-refractivity contribution in [1.29, 1.82) is 0 Å². The van der Waals surface area contributed by atoms with E-state index >= 15 is 0 Å². The molecule has 3 aromatic rings. The second kappa shape index (κ2) is 10.9. The predicted octanol–water partition coefficient (Wildman–Crippen LogP) is 4.13. The second-order valence-electron chi connectivity index (χ2n) is 8.29. The van der Waals surface area contributed by atoms with Gasteiger partial charge in [0.1, 0.15) is 5.82 Å². The molecule has 1 fully saturated rings. The van der Waals surface area contributed by atoms with E-state index in [1.165, 1.54) is 12.1 Å². The van der Waals surface area contributed by atoms with E-state index in [9.17, 15) is 14.0 Å². The number of nitrogens with zero attached hydrogens (tertiary/aromatic N) is 2. The van der Waals surface area contributed by atoms with Crippen molar-refractivity contribution < 1.29 is 14.0 Å². The Morgan fingerprint density at radius 1 is 0.818 bits per heavy atom. The Bertz CT molecular complexity index is 1030. The van der Waals surface area contributed by atoms with Crippen LogP contribution >= 0.6 is 0 Å². The highest BCUT2D eigenvalue weighted by molar-refractivity contribution is 5.92. The third-order valence-corrected chi connectivity index (χ3v) is 5.98. The summed E-state index contributed by atoms with van der Waals surface area (Å²) in [7, 11) is 0. The summed E-state index contributed by atoms with van der Waals surface area (Å²) in [4.78, 5) is 29.4. The highest BCUT2D eigenvalue weighted by Gasteiger charge is 2.26. The Morgan fingerprint density at radius 2 is 1.42 bits per heavy atom. The van der Waals surface area contributed by atoms with Gasteiger partial charge < -0.3 is 10.2 Å². The zero-order valence-electron chi connectivity index (χ0n) is 18.5. The van der Waals surface area contributed by atoms with Crippen LogP contribution in [0.1, 0.15) is 23.5 Å². The number of carbonyl (C=O) groups is 2. The first-order valence-electron chi connectivity index (χ1n) is 11.2. The van der Waals surface area contributed by atoms with Crippen LogP contribution in [0.25, 0.3) is 0 Å². The lowest BCUT2D eigenvalue weighted by atomic mass is 9.88. The normalized spacial score (nSPS) is 14.3. The Balaban J connectivity index is 1.31. The van der Waals surface area contributed by atoms with Gasteiger partial charge in [0.05, 0.1) is 6.54 Å². The minimum atomic E-state index is -0.385. The van der Waals surface area contributed by atoms with Gasteiger partial charge in [0.25, 0.3) is 0 Å². The highest BCUT2D eigenvalue weighted by atomic mass is 19.1. The van der Waals surface area contributed by atoms with Crippen LogP contribution in [0.15, 0.2) is 84.9 Å². The molecule has 0 aromatic heterocycles. The van der Waals surface area contributed by atoms with E-state index in [4.69, 9.17) is 0 Å². The fourth-order valence-corrected chi connectivity index (χ4v) is 4.23. The summed E-state index contributed by atoms with van der Waals surface area (Å²) in [5, 5.41) is 2.73. The fourth-order valence-electron chi connectivity index (χ4n) is 4.23. The van der Waals surface area contributed by atoms with Gasteiger partial charge in [-0.05, 0) is 29.3 Å². The average molecular weight is 446 g/mol. The number of anilines is 1. The molecule has 1 heterocycles. The summed E-state index contributed by atoms with van der Waals surface area (Å²) in [6.07, 6.45) is 0.411. The summed E-state index contributed by atoms with van der Waals surface area (Å²) < 4.78 is 13.3. The van der Waals surface area contributed by atoms with Crippen LogP contribution in [0.5, 0.6) is 0 Å². The molecule has 0 radical (unpaired) electrons. The number of rotatable bonds is 7. The molecule has 170 valence electrons. The van der Waals surface area contributed by atoms with Crippen LogP contribution in [0.4, 0.5) is 10.1 Å². The number of hydrogen-bond donors (Lipinski definition) is 1. The molecule has 0 atom stereocenters. The van der Waals surface area contributed by atoms with Crippen LogP contribution in [0.2, 0.25) is 0 Å². The first kappa shape index (κ1) is 22.7. The van der Waals surface area contributed by atoms with Gasteiger partial charge in [0.15, 0.2) is 0 Å². The van der Waals surface area contributed by atoms with Gasteiger partial charge in [0, 0.05) is 44.2 Å². The van der Waals surface area contributed by atoms with E-state index < -0.39 is 0 Å². The molecule has 0 saturated carbocycles. The molecule has 0 aliphatic carbocycles. The summed E-state index contributed by atoms with van der Waals surface area (Å²) in [6, 6.07) is 26.1. The van der Waals surface area contributed by atoms with Crippen LogP contribution in [0, 0.1) is 5.82 Å². The Labute approximate surface area is 193 Å². The number of benzene rings is 3. The van der Waals surface area contributed by atoms with Gasteiger partial charge in [-0.2, -0.15) is 0 Å². The molecular formula is C27H28FN3O2. The zero-order chi connectivity index (χ0) is 23.0. The van der Waals surface area contributed by atoms with Crippen molar-refractivity contribution in [1.82, 2.24) is 9.80 Å². The number of amides is 2. The molecule has 6 heteroatoms. The SMILES string of the molecule is O=C(CN1CCN(C(=O)CC(c2ccccc2)c2ccccc2)CC1)Nc1cccc(F)c1. The quantitative estimate of drug-likeness (QED) is 0.595. The van der Waals surface area contributed by atoms with E-state index in [-0.39, 0.29) is 30.1 Å². The van der Waals surface area contributed by atoms with Crippen LogP contribution in [-0.2, 0) is 9.59 Å². The van der Waals surface area contributed by atoms with Gasteiger partial charge in [0.2, 0.25) is 11.8 Å². The maximum atomic E-state index is 13.3. The molecular weight excluding hydrogens is 417 g/mol. The summed E-state index contributed by atoms with van der Waals surface area (Å²) in [6.45, 7) is 2.65. The number of piperazine rings is 1. The minimum absolute atomic E-state index is 0.00924. The summed E-state index contributed by atoms with van der Waals surface area (Å²) in [5.74, 6) is -0.440. The molecule has 4 rings (SSSR count). The summed E-state index contributed by atoms with van der Waals surface area (Å²) >= 11 is 0. The van der Waals surface area contributed by atoms with Gasteiger partial charge in [-0.25, -0.2) is 4.39 Å². The molecule has 1 saturated heterocycles. The molecule has 5 nitrogen and oxygen atoms in total. The number of halogens is 1. The first-order chi connectivity index (χ1) is 16.1. The number of nitrogens with one attached hydrogen (secondary N) is 1. The van der Waals surface area contributed by atoms with Crippen molar-refractivity contribution in [3.05, 3.63) is 102 Å². The minimum Gasteiger partial charge on any atom is -0.340 e. The third kappa shape index (κ3) is 6.26. The number of carbonyl (C=O) groups excluding carboxylic acids is 2. The van der Waals surface area contributed by atoms with E-state index in [1.807, 2.05) is 46.2 Å². The Kier molecular flexibility index (Phi) is 7.47. The maximum Gasteiger partial charge on any atom is 0.238 e. The van der Waals surface area contributed by atoms with Gasteiger partial charge in [-0.15, -0.1) is 0 Å². The molecule has 2 amide bonds. The standard InChI is InChI=1S/C27H28FN3O2/c28-23-12-7-13-24(18-23)29-26(32)20-30-14-16-31(17-15-30)27(33)19-25(21-8-3-1-4-9-21)22-10-5-2-6-11-22/h1-13,18,25H,14-17,19-20H2,(H,29,32). The van der Waals surface area contributed by atoms with Crippen molar-refractivity contribution >= 4 is 17.5 Å². The molecule has 33 heavy (non-hydrogen) atoms. The highest BCUT2D eigenvalue weighted by Crippen LogP contribution is 2.28. The van der Waals surface area contributed by atoms with Crippen molar-refractivity contribution in [3.63, 3.8) is 0 Å². The van der Waals surface area contributed by atoms with Crippen LogP contribution in [0.3, 0.4) is 0 Å². The van der Waals surface area contributed by atoms with Crippen molar-refractivity contribution in [2.24, 2.45) is 0 Å². The van der Waals surface area contributed by atoms with E-state index in [2.05, 4.69) is 29.6 Å². The van der Waals surface area contributed by atoms with Crippen LogP contribution in [-0.4, -0.2) is 54.3 Å². The molecule has 1 N–H and O–H groups in total. The van der Waals surface area contributed by atoms with Gasteiger partial charge in [-0.1, -0.05) is 66.7 Å². The fraction of sp³-hybridized carbons (Fsp3) is 0.259. The monoisotopic (exact) mass is 445 g/mol. The topological polar surface area (TPSA) is 52.7 Å². The van der Waals surface area contributed by atoms with Crippen molar-refractivity contribution in [2.45, 2.75) is 12.3 Å². The Hall–Kier alpha value is -3.51. The smallest absolute Gasteiger partial charge is 0.238 e. The molecule has 0 unspecified atom stereocenters. The third-order valence-electron chi connectivity index (χ3n) is 5.98. The average Bonchev–Trinajstić information content (AvgIpc) is 2.84. The lowest BCUT2D eigenvalue weighted by Gasteiger charge is -2.35. The van der Waals surface area contributed by atoms with E-state index in [0.29, 0.717) is 38.3 Å². The zero-order valence-corrected chi connectivity index (χ0v) is 18.5. The molecule has 3 aromatic carbocycles. The lowest BCUT2D eigenvalue weighted by Crippen LogP contribution is -2.50. The van der Waals surface area contributed by atoms with Crippen LogP contribution < -0.4 is 5.32 Å². The molecule has 1 aliphatic heterocycles. The largest absolute Gasteiger partial charge is 0.340 e. The maximum absolute atomic E-state index is 13.3. The lowest BCUT2D eigenvalue weighted by molar-refractivity contribution is -0.133. The van der Waals surface area contributed by atoms with Crippen molar-refractivity contribution in [2.75, 3.05) is 38.0 Å². The van der Waals surface area contributed by atoms with E-state index in [1.54, 1.807) is 12.1 Å². The van der Waals surface area contributed by atoms with Gasteiger partial charge >= 0.3 is 0 Å². The van der Waals surface area contributed by atoms with E-state index in [0.717, 1.165) is 11.1 Å². The molecule has 0 bridgehead atoms. The molecule has 0 spiro atoms.